The van der Waals surface area contributed by atoms with Gasteiger partial charge < -0.3 is 19.2 Å². The molecule has 1 N–H and O–H groups in total. The van der Waals surface area contributed by atoms with E-state index in [0.29, 0.717) is 38.0 Å². The molecule has 30 heavy (non-hydrogen) atoms. The van der Waals surface area contributed by atoms with Gasteiger partial charge in [0, 0.05) is 49.5 Å². The summed E-state index contributed by atoms with van der Waals surface area (Å²) in [6.07, 6.45) is 5.47. The first-order valence-corrected chi connectivity index (χ1v) is 10.9. The molecule has 0 radical (unpaired) electrons. The molecule has 6 heteroatoms. The average Bonchev–Trinajstić information content (AvgIpc) is 3.39. The van der Waals surface area contributed by atoms with E-state index in [1.54, 1.807) is 0 Å². The number of nitrogens with zero attached hydrogens (tertiary/aromatic N) is 1. The fourth-order valence-electron chi connectivity index (χ4n) is 5.65. The number of carbonyl (C=O) groups excluding carboxylic acids is 1. The zero-order chi connectivity index (χ0) is 20.7. The number of methoxy groups -OCH3 is 1. The van der Waals surface area contributed by atoms with Crippen molar-refractivity contribution in [3.63, 3.8) is 0 Å². The second-order valence-electron chi connectivity index (χ2n) is 8.91. The predicted molar refractivity (Wildman–Crippen MR) is 114 cm³/mol. The third kappa shape index (κ3) is 3.47. The monoisotopic (exact) mass is 410 g/mol. The number of aromatic amines is 1. The predicted octanol–water partition coefficient (Wildman–Crippen LogP) is 3.28. The Labute approximate surface area is 177 Å². The fraction of sp³-hybridized carbons (Fsp3) is 0.542. The molecule has 0 amide bonds. The minimum Gasteiger partial charge on any atom is -0.468 e. The van der Waals surface area contributed by atoms with Crippen LogP contribution in [0.3, 0.4) is 0 Å². The summed E-state index contributed by atoms with van der Waals surface area (Å²) in [6.45, 7) is 7.36. The number of ether oxygens (including phenoxy) is 3. The van der Waals surface area contributed by atoms with Gasteiger partial charge in [-0.3, -0.25) is 9.69 Å². The summed E-state index contributed by atoms with van der Waals surface area (Å²) in [5, 5.41) is 1.16. The Morgan fingerprint density at radius 1 is 1.37 bits per heavy atom. The third-order valence-electron chi connectivity index (χ3n) is 7.21. The number of H-pyrrole nitrogens is 1. The van der Waals surface area contributed by atoms with E-state index in [-0.39, 0.29) is 12.0 Å². The summed E-state index contributed by atoms with van der Waals surface area (Å²) in [7, 11) is 1.48. The molecule has 3 fully saturated rings. The molecule has 5 rings (SSSR count). The SMILES string of the molecule is C=C1CN([C@@H](Cc2c[nH]c3ccccc23)C(=O)OC)C[C@H]2CCC3(C[C@H]12)OCCO3. The first-order chi connectivity index (χ1) is 14.6. The highest BCUT2D eigenvalue weighted by molar-refractivity contribution is 5.84. The normalized spacial score (nSPS) is 27.3. The summed E-state index contributed by atoms with van der Waals surface area (Å²) in [4.78, 5) is 18.4. The van der Waals surface area contributed by atoms with Crippen LogP contribution in [0.15, 0.2) is 42.6 Å². The Balaban J connectivity index is 1.36. The third-order valence-corrected chi connectivity index (χ3v) is 7.21. The van der Waals surface area contributed by atoms with Crippen LogP contribution in [-0.2, 0) is 25.4 Å². The van der Waals surface area contributed by atoms with Gasteiger partial charge in [0.25, 0.3) is 0 Å². The first kappa shape index (κ1) is 19.8. The van der Waals surface area contributed by atoms with Crippen LogP contribution in [0.2, 0.25) is 0 Å². The summed E-state index contributed by atoms with van der Waals surface area (Å²) in [5.41, 5.74) is 3.41. The number of nitrogens with one attached hydrogen (secondary N) is 1. The summed E-state index contributed by atoms with van der Waals surface area (Å²) >= 11 is 0. The molecule has 2 saturated heterocycles. The Morgan fingerprint density at radius 2 is 2.17 bits per heavy atom. The summed E-state index contributed by atoms with van der Waals surface area (Å²) < 4.78 is 17.1. The van der Waals surface area contributed by atoms with Gasteiger partial charge in [0.15, 0.2) is 5.79 Å². The molecule has 1 spiro atoms. The van der Waals surface area contributed by atoms with Gasteiger partial charge in [-0.15, -0.1) is 0 Å². The highest BCUT2D eigenvalue weighted by Gasteiger charge is 2.48. The lowest BCUT2D eigenvalue weighted by atomic mass is 9.70. The molecule has 0 unspecified atom stereocenters. The Morgan fingerprint density at radius 3 is 2.97 bits per heavy atom. The molecule has 1 aliphatic carbocycles. The van der Waals surface area contributed by atoms with Gasteiger partial charge in [-0.1, -0.05) is 30.4 Å². The molecule has 1 aromatic carbocycles. The molecule has 6 nitrogen and oxygen atoms in total. The van der Waals surface area contributed by atoms with Crippen LogP contribution in [0.5, 0.6) is 0 Å². The average molecular weight is 411 g/mol. The lowest BCUT2D eigenvalue weighted by Gasteiger charge is -2.48. The number of para-hydroxylation sites is 1. The topological polar surface area (TPSA) is 63.8 Å². The Bertz CT molecular complexity index is 946. The first-order valence-electron chi connectivity index (χ1n) is 10.9. The maximum atomic E-state index is 12.8. The minimum atomic E-state index is -0.405. The number of benzene rings is 1. The van der Waals surface area contributed by atoms with Gasteiger partial charge in [0.2, 0.25) is 0 Å². The largest absolute Gasteiger partial charge is 0.468 e. The molecule has 2 aromatic rings. The summed E-state index contributed by atoms with van der Waals surface area (Å²) in [6, 6.07) is 7.89. The number of fused-ring (bicyclic) bond motifs is 2. The van der Waals surface area contributed by atoms with Crippen molar-refractivity contribution in [3.05, 3.63) is 48.2 Å². The van der Waals surface area contributed by atoms with Gasteiger partial charge in [0.05, 0.1) is 20.3 Å². The number of aromatic nitrogens is 1. The van der Waals surface area contributed by atoms with E-state index in [0.717, 1.165) is 42.3 Å². The second-order valence-corrected chi connectivity index (χ2v) is 8.91. The highest BCUT2D eigenvalue weighted by Crippen LogP contribution is 2.46. The van der Waals surface area contributed by atoms with Crippen LogP contribution in [0, 0.1) is 11.8 Å². The van der Waals surface area contributed by atoms with Crippen molar-refractivity contribution in [1.82, 2.24) is 9.88 Å². The van der Waals surface area contributed by atoms with Gasteiger partial charge in [-0.2, -0.15) is 0 Å². The highest BCUT2D eigenvalue weighted by atomic mass is 16.7. The van der Waals surface area contributed by atoms with E-state index in [2.05, 4.69) is 28.6 Å². The molecule has 1 saturated carbocycles. The molecule has 160 valence electrons. The molecule has 3 heterocycles. The number of esters is 1. The van der Waals surface area contributed by atoms with Crippen molar-refractivity contribution < 1.29 is 19.0 Å². The van der Waals surface area contributed by atoms with Crippen LogP contribution in [0.25, 0.3) is 10.9 Å². The molecule has 1 aromatic heterocycles. The molecular weight excluding hydrogens is 380 g/mol. The van der Waals surface area contributed by atoms with E-state index in [1.807, 2.05) is 18.3 Å². The van der Waals surface area contributed by atoms with Gasteiger partial charge in [-0.05, 0) is 29.9 Å². The molecule has 3 atom stereocenters. The van der Waals surface area contributed by atoms with E-state index < -0.39 is 5.79 Å². The number of hydrogen-bond donors (Lipinski definition) is 1. The van der Waals surface area contributed by atoms with Crippen LogP contribution in [0.4, 0.5) is 0 Å². The van der Waals surface area contributed by atoms with Crippen LogP contribution >= 0.6 is 0 Å². The lowest BCUT2D eigenvalue weighted by Crippen LogP contribution is -2.54. The molecule has 0 bridgehead atoms. The quantitative estimate of drug-likeness (QED) is 0.619. The number of carbonyl (C=O) groups is 1. The van der Waals surface area contributed by atoms with Crippen molar-refractivity contribution in [2.45, 2.75) is 37.5 Å². The Kier molecular flexibility index (Phi) is 5.17. The van der Waals surface area contributed by atoms with Crippen molar-refractivity contribution >= 4 is 16.9 Å². The number of piperidine rings is 1. The summed E-state index contributed by atoms with van der Waals surface area (Å²) in [5.74, 6) is 0.276. The maximum Gasteiger partial charge on any atom is 0.323 e. The van der Waals surface area contributed by atoms with Crippen molar-refractivity contribution in [2.75, 3.05) is 33.4 Å². The lowest BCUT2D eigenvalue weighted by molar-refractivity contribution is -0.195. The zero-order valence-corrected chi connectivity index (χ0v) is 17.6. The molecule has 2 aliphatic heterocycles. The maximum absolute atomic E-state index is 12.8. The van der Waals surface area contributed by atoms with E-state index >= 15 is 0 Å². The van der Waals surface area contributed by atoms with Gasteiger partial charge in [-0.25, -0.2) is 0 Å². The molecular formula is C24H30N2O4. The second kappa shape index (κ2) is 7.84. The molecule has 3 aliphatic rings. The van der Waals surface area contributed by atoms with Crippen molar-refractivity contribution in [2.24, 2.45) is 11.8 Å². The number of likely N-dealkylation sites (tertiary alicyclic amines) is 1. The smallest absolute Gasteiger partial charge is 0.323 e. The van der Waals surface area contributed by atoms with Crippen LogP contribution < -0.4 is 0 Å². The zero-order valence-electron chi connectivity index (χ0n) is 17.6. The van der Waals surface area contributed by atoms with Gasteiger partial charge in [0.1, 0.15) is 6.04 Å². The number of rotatable bonds is 4. The fourth-order valence-corrected chi connectivity index (χ4v) is 5.65. The minimum absolute atomic E-state index is 0.179. The van der Waals surface area contributed by atoms with Crippen LogP contribution in [-0.4, -0.2) is 61.1 Å². The van der Waals surface area contributed by atoms with Crippen molar-refractivity contribution in [1.29, 1.82) is 0 Å². The van der Waals surface area contributed by atoms with Crippen molar-refractivity contribution in [3.8, 4) is 0 Å². The number of hydrogen-bond acceptors (Lipinski definition) is 5. The van der Waals surface area contributed by atoms with E-state index in [9.17, 15) is 4.79 Å². The Hall–Kier alpha value is -2.15. The van der Waals surface area contributed by atoms with Gasteiger partial charge >= 0.3 is 5.97 Å². The van der Waals surface area contributed by atoms with E-state index in [4.69, 9.17) is 14.2 Å². The van der Waals surface area contributed by atoms with E-state index in [1.165, 1.54) is 12.7 Å². The van der Waals surface area contributed by atoms with Crippen LogP contribution in [0.1, 0.15) is 24.8 Å². The standard InChI is InChI=1S/C24H30N2O4/c1-16-14-26(15-17-7-8-24(12-20(16)17)29-9-10-30-24)22(23(27)28-2)11-18-13-25-21-6-4-3-5-19(18)21/h3-6,13,17,20,22,25H,1,7-12,14-15H2,2H3/t17-,20-,22+/m1/s1.